The minimum atomic E-state index is -3.30. The summed E-state index contributed by atoms with van der Waals surface area (Å²) in [5.41, 5.74) is -0.160. The van der Waals surface area contributed by atoms with Crippen molar-refractivity contribution in [2.45, 2.75) is 5.92 Å². The van der Waals surface area contributed by atoms with Crippen molar-refractivity contribution in [3.8, 4) is 0 Å². The van der Waals surface area contributed by atoms with Gasteiger partial charge in [-0.2, -0.15) is 0 Å². The molecule has 0 unspecified atom stereocenters. The number of anilines is 1. The van der Waals surface area contributed by atoms with Crippen molar-refractivity contribution in [2.24, 2.45) is 0 Å². The van der Waals surface area contributed by atoms with Crippen molar-refractivity contribution in [1.29, 1.82) is 0 Å². The number of aliphatic hydroxyl groups is 1. The summed E-state index contributed by atoms with van der Waals surface area (Å²) in [7, 11) is 0. The van der Waals surface area contributed by atoms with Crippen LogP contribution in [0.25, 0.3) is 0 Å². The molecule has 7 heteroatoms. The Balaban J connectivity index is 2.78. The van der Waals surface area contributed by atoms with Crippen LogP contribution in [0, 0.1) is 0 Å². The lowest BCUT2D eigenvalue weighted by Crippen LogP contribution is -2.31. The molecule has 0 spiro atoms. The summed E-state index contributed by atoms with van der Waals surface area (Å²) >= 11 is 0. The van der Waals surface area contributed by atoms with Gasteiger partial charge in [-0.05, 0) is 6.07 Å². The Labute approximate surface area is 89.7 Å². The van der Waals surface area contributed by atoms with Crippen LogP contribution in [0.1, 0.15) is 10.4 Å². The molecule has 0 aliphatic carbocycles. The van der Waals surface area contributed by atoms with Crippen molar-refractivity contribution in [2.75, 3.05) is 18.5 Å². The largest absolute Gasteiger partial charge is 0.478 e. The maximum absolute atomic E-state index is 12.7. The number of rotatable bonds is 5. The Morgan fingerprint density at radius 3 is 2.81 bits per heavy atom. The predicted molar refractivity (Wildman–Crippen MR) is 51.7 cm³/mol. The first-order chi connectivity index (χ1) is 7.46. The first-order valence-electron chi connectivity index (χ1n) is 4.36. The maximum atomic E-state index is 12.7. The van der Waals surface area contributed by atoms with Crippen LogP contribution in [-0.2, 0) is 0 Å². The van der Waals surface area contributed by atoms with Crippen molar-refractivity contribution in [1.82, 2.24) is 4.98 Å². The van der Waals surface area contributed by atoms with Gasteiger partial charge in [0.25, 0.3) is 5.92 Å². The summed E-state index contributed by atoms with van der Waals surface area (Å²) in [6.45, 7) is -2.15. The summed E-state index contributed by atoms with van der Waals surface area (Å²) < 4.78 is 25.4. The van der Waals surface area contributed by atoms with Crippen molar-refractivity contribution in [3.05, 3.63) is 24.0 Å². The highest BCUT2D eigenvalue weighted by Gasteiger charge is 2.27. The minimum absolute atomic E-state index is 0.0110. The summed E-state index contributed by atoms with van der Waals surface area (Å²) in [5, 5.41) is 19.3. The molecule has 0 amide bonds. The Morgan fingerprint density at radius 1 is 1.56 bits per heavy atom. The normalized spacial score (nSPS) is 11.2. The second kappa shape index (κ2) is 4.84. The van der Waals surface area contributed by atoms with E-state index in [2.05, 4.69) is 10.3 Å². The molecule has 0 aliphatic rings. The number of hydrogen-bond acceptors (Lipinski definition) is 4. The lowest BCUT2D eigenvalue weighted by molar-refractivity contribution is -0.0373. The number of aromatic carboxylic acids is 1. The van der Waals surface area contributed by atoms with Gasteiger partial charge in [0.1, 0.15) is 6.61 Å². The molecule has 0 saturated carbocycles. The van der Waals surface area contributed by atoms with Crippen molar-refractivity contribution >= 4 is 11.7 Å². The Kier molecular flexibility index (Phi) is 3.73. The molecule has 0 aliphatic heterocycles. The van der Waals surface area contributed by atoms with E-state index in [1.54, 1.807) is 0 Å². The molecule has 1 heterocycles. The molecule has 3 N–H and O–H groups in total. The van der Waals surface area contributed by atoms with Crippen LogP contribution >= 0.6 is 0 Å². The first kappa shape index (κ1) is 12.3. The molecule has 16 heavy (non-hydrogen) atoms. The average molecular weight is 232 g/mol. The van der Waals surface area contributed by atoms with Gasteiger partial charge in [-0.1, -0.05) is 0 Å². The van der Waals surface area contributed by atoms with E-state index < -0.39 is 25.0 Å². The highest BCUT2D eigenvalue weighted by molar-refractivity contribution is 5.93. The Bertz CT molecular complexity index is 385. The number of pyridine rings is 1. The van der Waals surface area contributed by atoms with E-state index in [1.807, 2.05) is 0 Å². The fourth-order valence-corrected chi connectivity index (χ4v) is 1.00. The lowest BCUT2D eigenvalue weighted by atomic mass is 10.2. The molecule has 1 rings (SSSR count). The molecular weight excluding hydrogens is 222 g/mol. The van der Waals surface area contributed by atoms with Gasteiger partial charge in [0.05, 0.1) is 24.0 Å². The highest BCUT2D eigenvalue weighted by atomic mass is 19.3. The number of carboxylic acid groups (broad SMARTS) is 1. The maximum Gasteiger partial charge on any atom is 0.337 e. The topological polar surface area (TPSA) is 82.5 Å². The molecule has 0 aromatic carbocycles. The number of nitrogens with zero attached hydrogens (tertiary/aromatic N) is 1. The Morgan fingerprint density at radius 2 is 2.25 bits per heavy atom. The highest BCUT2D eigenvalue weighted by Crippen LogP contribution is 2.17. The second-order valence-electron chi connectivity index (χ2n) is 3.09. The quantitative estimate of drug-likeness (QED) is 0.700. The zero-order chi connectivity index (χ0) is 12.2. The Hall–Kier alpha value is -1.76. The summed E-state index contributed by atoms with van der Waals surface area (Å²) in [6, 6.07) is 1.20. The number of aromatic nitrogens is 1. The summed E-state index contributed by atoms with van der Waals surface area (Å²) in [5.74, 6) is -4.54. The van der Waals surface area contributed by atoms with Crippen LogP contribution in [0.4, 0.5) is 14.5 Å². The molecule has 0 saturated heterocycles. The van der Waals surface area contributed by atoms with Crippen LogP contribution < -0.4 is 5.32 Å². The molecule has 0 fully saturated rings. The number of halogens is 2. The van der Waals surface area contributed by atoms with Gasteiger partial charge in [0.15, 0.2) is 0 Å². The standard InChI is InChI=1S/C9H10F2N2O3/c10-9(11,5-14)4-13-7-3-12-2-1-6(7)8(15)16/h1-3,13-14H,4-5H2,(H,15,16). The van der Waals surface area contributed by atoms with Crippen LogP contribution in [-0.4, -0.2) is 40.2 Å². The number of carbonyl (C=O) groups is 1. The average Bonchev–Trinajstić information content (AvgIpc) is 2.27. The minimum Gasteiger partial charge on any atom is -0.478 e. The van der Waals surface area contributed by atoms with E-state index in [9.17, 15) is 13.6 Å². The third-order valence-electron chi connectivity index (χ3n) is 1.82. The zero-order valence-corrected chi connectivity index (χ0v) is 8.15. The SMILES string of the molecule is O=C(O)c1ccncc1NCC(F)(F)CO. The fraction of sp³-hybridized carbons (Fsp3) is 0.333. The van der Waals surface area contributed by atoms with Crippen LogP contribution in [0.5, 0.6) is 0 Å². The molecular formula is C9H10F2N2O3. The van der Waals surface area contributed by atoms with Gasteiger partial charge in [-0.15, -0.1) is 0 Å². The lowest BCUT2D eigenvalue weighted by Gasteiger charge is -2.15. The second-order valence-corrected chi connectivity index (χ2v) is 3.09. The van der Waals surface area contributed by atoms with E-state index in [1.165, 1.54) is 12.3 Å². The molecule has 1 aromatic heterocycles. The number of nitrogens with one attached hydrogen (secondary N) is 1. The fourth-order valence-electron chi connectivity index (χ4n) is 1.00. The molecule has 5 nitrogen and oxygen atoms in total. The van der Waals surface area contributed by atoms with Crippen molar-refractivity contribution < 1.29 is 23.8 Å². The summed E-state index contributed by atoms with van der Waals surface area (Å²) in [4.78, 5) is 14.3. The summed E-state index contributed by atoms with van der Waals surface area (Å²) in [6.07, 6.45) is 2.38. The third kappa shape index (κ3) is 3.13. The van der Waals surface area contributed by atoms with Gasteiger partial charge in [0, 0.05) is 6.20 Å². The molecule has 0 atom stereocenters. The van der Waals surface area contributed by atoms with E-state index in [0.29, 0.717) is 0 Å². The van der Waals surface area contributed by atoms with Gasteiger partial charge < -0.3 is 15.5 Å². The van der Waals surface area contributed by atoms with Gasteiger partial charge in [0.2, 0.25) is 0 Å². The van der Waals surface area contributed by atoms with Crippen LogP contribution in [0.3, 0.4) is 0 Å². The molecule has 0 bridgehead atoms. The van der Waals surface area contributed by atoms with E-state index in [4.69, 9.17) is 10.2 Å². The van der Waals surface area contributed by atoms with Gasteiger partial charge >= 0.3 is 5.97 Å². The van der Waals surface area contributed by atoms with E-state index in [-0.39, 0.29) is 11.3 Å². The predicted octanol–water partition coefficient (Wildman–Crippen LogP) is 0.819. The van der Waals surface area contributed by atoms with Crippen LogP contribution in [0.2, 0.25) is 0 Å². The number of aliphatic hydroxyl groups excluding tert-OH is 1. The van der Waals surface area contributed by atoms with Crippen LogP contribution in [0.15, 0.2) is 18.5 Å². The number of hydrogen-bond donors (Lipinski definition) is 3. The molecule has 88 valence electrons. The smallest absolute Gasteiger partial charge is 0.337 e. The van der Waals surface area contributed by atoms with Gasteiger partial charge in [-0.3, -0.25) is 4.98 Å². The third-order valence-corrected chi connectivity index (χ3v) is 1.82. The number of carboxylic acids is 1. The number of alkyl halides is 2. The molecule has 0 radical (unpaired) electrons. The van der Waals surface area contributed by atoms with Crippen molar-refractivity contribution in [3.63, 3.8) is 0 Å². The zero-order valence-electron chi connectivity index (χ0n) is 8.15. The van der Waals surface area contributed by atoms with E-state index >= 15 is 0 Å². The monoisotopic (exact) mass is 232 g/mol. The first-order valence-corrected chi connectivity index (χ1v) is 4.36. The van der Waals surface area contributed by atoms with Gasteiger partial charge in [-0.25, -0.2) is 13.6 Å². The molecule has 1 aromatic rings. The van der Waals surface area contributed by atoms with E-state index in [0.717, 1.165) is 6.20 Å².